The van der Waals surface area contributed by atoms with Crippen molar-refractivity contribution in [2.75, 3.05) is 18.8 Å². The molecule has 5 amide bonds. The fraction of sp³-hybridized carbons (Fsp3) is 0.458. The third-order valence-electron chi connectivity index (χ3n) is 5.76. The standard InChI is InChI=1S/C24H34N8O7S/c25-24(26)27-8-4-7-14-20(36)28-11-18(33)29-16(10-19(34)35)22(38)31-15(9-13-5-2-1-3-6-13)21(37)32-17(12-40)23(39)30-14/h1-3,5-6,14-17,40H,4,7-12H2,(H,28,36)(H,29,33)(H,30,39)(H,31,38)(H,32,37)(H,34,35)(H4,25,26,27)/t14-,15+,16-,17-/m0/s1. The Morgan fingerprint density at radius 1 is 0.875 bits per heavy atom. The molecule has 1 heterocycles. The summed E-state index contributed by atoms with van der Waals surface area (Å²) in [5, 5.41) is 21.5. The number of nitrogens with one attached hydrogen (secondary N) is 5. The molecule has 0 bridgehead atoms. The van der Waals surface area contributed by atoms with Crippen molar-refractivity contribution < 1.29 is 33.9 Å². The second-order valence-electron chi connectivity index (χ2n) is 8.94. The van der Waals surface area contributed by atoms with E-state index in [9.17, 15) is 33.9 Å². The van der Waals surface area contributed by atoms with Crippen molar-refractivity contribution in [3.8, 4) is 0 Å². The van der Waals surface area contributed by atoms with E-state index >= 15 is 0 Å². The van der Waals surface area contributed by atoms with Crippen LogP contribution in [-0.2, 0) is 35.2 Å². The summed E-state index contributed by atoms with van der Waals surface area (Å²) in [6.45, 7) is -0.440. The molecule has 218 valence electrons. The van der Waals surface area contributed by atoms with Gasteiger partial charge < -0.3 is 43.2 Å². The molecule has 0 spiro atoms. The zero-order chi connectivity index (χ0) is 29.7. The summed E-state index contributed by atoms with van der Waals surface area (Å²) in [6, 6.07) is 3.56. The van der Waals surface area contributed by atoms with Crippen LogP contribution in [0.25, 0.3) is 0 Å². The maximum absolute atomic E-state index is 13.3. The molecule has 1 saturated heterocycles. The van der Waals surface area contributed by atoms with Gasteiger partial charge in [-0.2, -0.15) is 12.6 Å². The van der Waals surface area contributed by atoms with Crippen LogP contribution in [0.4, 0.5) is 0 Å². The Morgan fingerprint density at radius 2 is 1.48 bits per heavy atom. The van der Waals surface area contributed by atoms with E-state index in [0.717, 1.165) is 0 Å². The van der Waals surface area contributed by atoms with Gasteiger partial charge in [0.1, 0.15) is 24.2 Å². The van der Waals surface area contributed by atoms with Gasteiger partial charge in [-0.3, -0.25) is 33.8 Å². The quantitative estimate of drug-likeness (QED) is 0.0617. The summed E-state index contributed by atoms with van der Waals surface area (Å²) in [7, 11) is 0. The van der Waals surface area contributed by atoms with Crippen molar-refractivity contribution in [2.45, 2.75) is 49.9 Å². The highest BCUT2D eigenvalue weighted by Gasteiger charge is 2.32. The minimum Gasteiger partial charge on any atom is -0.481 e. The first kappa shape index (κ1) is 31.9. The number of carboxylic acids is 1. The average molecular weight is 579 g/mol. The van der Waals surface area contributed by atoms with Gasteiger partial charge in [-0.1, -0.05) is 30.3 Å². The average Bonchev–Trinajstić information content (AvgIpc) is 2.90. The molecule has 0 aromatic heterocycles. The largest absolute Gasteiger partial charge is 0.481 e. The number of carbonyl (C=O) groups excluding carboxylic acids is 5. The van der Waals surface area contributed by atoms with Gasteiger partial charge in [-0.15, -0.1) is 0 Å². The van der Waals surface area contributed by atoms with Crippen LogP contribution in [0.1, 0.15) is 24.8 Å². The van der Waals surface area contributed by atoms with E-state index < -0.39 is 72.6 Å². The molecule has 15 nitrogen and oxygen atoms in total. The topological polar surface area (TPSA) is 247 Å². The maximum atomic E-state index is 13.3. The number of hydrogen-bond donors (Lipinski definition) is 9. The Hall–Kier alpha value is -4.34. The molecule has 16 heteroatoms. The number of aliphatic carboxylic acids is 1. The van der Waals surface area contributed by atoms with Gasteiger partial charge >= 0.3 is 5.97 Å². The first-order valence-corrected chi connectivity index (χ1v) is 13.0. The summed E-state index contributed by atoms with van der Waals surface area (Å²) in [5.74, 6) is -5.66. The van der Waals surface area contributed by atoms with Crippen molar-refractivity contribution in [2.24, 2.45) is 16.5 Å². The predicted octanol–water partition coefficient (Wildman–Crippen LogP) is -3.24. The lowest BCUT2D eigenvalue weighted by atomic mass is 10.0. The number of amides is 5. The number of nitrogens with zero attached hydrogens (tertiary/aromatic N) is 1. The molecule has 2 rings (SSSR count). The third-order valence-corrected chi connectivity index (χ3v) is 6.13. The van der Waals surface area contributed by atoms with Crippen molar-refractivity contribution in [1.82, 2.24) is 26.6 Å². The lowest BCUT2D eigenvalue weighted by molar-refractivity contribution is -0.141. The summed E-state index contributed by atoms with van der Waals surface area (Å²) in [4.78, 5) is 79.9. The van der Waals surface area contributed by atoms with Crippen molar-refractivity contribution in [1.29, 1.82) is 0 Å². The fourth-order valence-electron chi connectivity index (χ4n) is 3.76. The highest BCUT2D eigenvalue weighted by atomic mass is 32.1. The summed E-state index contributed by atoms with van der Waals surface area (Å²) in [6.07, 6.45) is -0.404. The molecule has 0 unspecified atom stereocenters. The molecule has 1 fully saturated rings. The molecule has 10 N–H and O–H groups in total. The summed E-state index contributed by atoms with van der Waals surface area (Å²) < 4.78 is 0. The van der Waals surface area contributed by atoms with Gasteiger partial charge in [0.2, 0.25) is 29.5 Å². The number of rotatable bonds is 9. The summed E-state index contributed by atoms with van der Waals surface area (Å²) in [5.41, 5.74) is 11.3. The highest BCUT2D eigenvalue weighted by Crippen LogP contribution is 2.07. The monoisotopic (exact) mass is 578 g/mol. The molecular weight excluding hydrogens is 544 g/mol. The van der Waals surface area contributed by atoms with Gasteiger partial charge in [0.05, 0.1) is 13.0 Å². The molecule has 0 radical (unpaired) electrons. The van der Waals surface area contributed by atoms with E-state index in [1.807, 2.05) is 0 Å². The number of thiol groups is 1. The van der Waals surface area contributed by atoms with Gasteiger partial charge in [0, 0.05) is 18.7 Å². The SMILES string of the molecule is NC(N)=NCCC[C@@H]1NC(=O)[C@H](CS)NC(=O)[C@@H](Cc2ccccc2)NC(=O)[C@H](CC(=O)O)NC(=O)CNC1=O. The Kier molecular flexibility index (Phi) is 12.7. The van der Waals surface area contributed by atoms with Crippen LogP contribution in [0.2, 0.25) is 0 Å². The minimum absolute atomic E-state index is 0.000516. The van der Waals surface area contributed by atoms with E-state index in [2.05, 4.69) is 44.2 Å². The number of carbonyl (C=O) groups is 6. The van der Waals surface area contributed by atoms with Crippen LogP contribution in [-0.4, -0.2) is 89.6 Å². The van der Waals surface area contributed by atoms with E-state index in [4.69, 9.17) is 11.5 Å². The van der Waals surface area contributed by atoms with E-state index in [0.29, 0.717) is 12.0 Å². The highest BCUT2D eigenvalue weighted by molar-refractivity contribution is 7.80. The number of hydrogen-bond acceptors (Lipinski definition) is 8. The smallest absolute Gasteiger partial charge is 0.305 e. The lowest BCUT2D eigenvalue weighted by Gasteiger charge is -2.25. The lowest BCUT2D eigenvalue weighted by Crippen LogP contribution is -2.58. The zero-order valence-corrected chi connectivity index (χ0v) is 22.5. The first-order chi connectivity index (χ1) is 19.0. The molecule has 1 aliphatic heterocycles. The number of benzene rings is 1. The molecule has 0 saturated carbocycles. The van der Waals surface area contributed by atoms with Crippen LogP contribution in [0.5, 0.6) is 0 Å². The number of carboxylic acid groups (broad SMARTS) is 1. The predicted molar refractivity (Wildman–Crippen MR) is 147 cm³/mol. The first-order valence-electron chi connectivity index (χ1n) is 12.4. The fourth-order valence-corrected chi connectivity index (χ4v) is 4.02. The zero-order valence-electron chi connectivity index (χ0n) is 21.6. The van der Waals surface area contributed by atoms with Crippen molar-refractivity contribution in [3.05, 3.63) is 35.9 Å². The Labute approximate surface area is 235 Å². The molecule has 4 atom stereocenters. The summed E-state index contributed by atoms with van der Waals surface area (Å²) >= 11 is 4.15. The van der Waals surface area contributed by atoms with Gasteiger partial charge in [0.15, 0.2) is 5.96 Å². The number of aliphatic imine (C=N–C) groups is 1. The minimum atomic E-state index is -1.55. The molecule has 1 aromatic rings. The van der Waals surface area contributed by atoms with Gasteiger partial charge in [0.25, 0.3) is 0 Å². The third kappa shape index (κ3) is 10.8. The van der Waals surface area contributed by atoms with Crippen LogP contribution in [0.3, 0.4) is 0 Å². The van der Waals surface area contributed by atoms with Crippen LogP contribution < -0.4 is 38.1 Å². The van der Waals surface area contributed by atoms with E-state index in [1.165, 1.54) is 0 Å². The van der Waals surface area contributed by atoms with Gasteiger partial charge in [-0.05, 0) is 18.4 Å². The molecule has 0 aliphatic carbocycles. The molecule has 1 aromatic carbocycles. The Balaban J connectivity index is 2.38. The van der Waals surface area contributed by atoms with Crippen LogP contribution in [0, 0.1) is 0 Å². The number of guanidine groups is 1. The molecule has 1 aliphatic rings. The normalized spacial score (nSPS) is 22.8. The number of nitrogens with two attached hydrogens (primary N) is 2. The van der Waals surface area contributed by atoms with E-state index in [-0.39, 0.29) is 31.1 Å². The molecular formula is C24H34N8O7S. The Bertz CT molecular complexity index is 1110. The van der Waals surface area contributed by atoms with Crippen LogP contribution in [0.15, 0.2) is 35.3 Å². The maximum Gasteiger partial charge on any atom is 0.305 e. The molecule has 40 heavy (non-hydrogen) atoms. The van der Waals surface area contributed by atoms with Crippen molar-refractivity contribution in [3.63, 3.8) is 0 Å². The second-order valence-corrected chi connectivity index (χ2v) is 9.31. The van der Waals surface area contributed by atoms with Crippen molar-refractivity contribution >= 4 is 54.1 Å². The van der Waals surface area contributed by atoms with Crippen LogP contribution >= 0.6 is 12.6 Å². The van der Waals surface area contributed by atoms with Gasteiger partial charge in [-0.25, -0.2) is 0 Å². The van der Waals surface area contributed by atoms with E-state index in [1.54, 1.807) is 30.3 Å². The second kappa shape index (κ2) is 15.9. The Morgan fingerprint density at radius 3 is 2.10 bits per heavy atom.